The fourth-order valence-corrected chi connectivity index (χ4v) is 3.34. The van der Waals surface area contributed by atoms with Gasteiger partial charge in [0.1, 0.15) is 0 Å². The van der Waals surface area contributed by atoms with E-state index in [2.05, 4.69) is 25.2 Å². The molecule has 0 radical (unpaired) electrons. The van der Waals surface area contributed by atoms with Crippen LogP contribution in [0.1, 0.15) is 44.2 Å². The molecule has 1 aromatic carbocycles. The van der Waals surface area contributed by atoms with Crippen LogP contribution in [0.2, 0.25) is 0 Å². The number of hydrogen-bond acceptors (Lipinski definition) is 3. The first kappa shape index (κ1) is 16.0. The maximum Gasteiger partial charge on any atom is 0.309 e. The van der Waals surface area contributed by atoms with Gasteiger partial charge in [-0.25, -0.2) is 0 Å². The first-order valence-electron chi connectivity index (χ1n) is 7.97. The van der Waals surface area contributed by atoms with Gasteiger partial charge in [-0.05, 0) is 42.2 Å². The van der Waals surface area contributed by atoms with Gasteiger partial charge in [-0.15, -0.1) is 0 Å². The van der Waals surface area contributed by atoms with Crippen LogP contribution in [0.3, 0.4) is 0 Å². The summed E-state index contributed by atoms with van der Waals surface area (Å²) in [4.78, 5) is 11.5. The molecule has 1 aliphatic carbocycles. The minimum absolute atomic E-state index is 0.178. The lowest BCUT2D eigenvalue weighted by atomic mass is 9.80. The molecule has 1 aliphatic rings. The van der Waals surface area contributed by atoms with Crippen molar-refractivity contribution >= 4 is 5.97 Å². The minimum Gasteiger partial charge on any atom is -0.469 e. The Balaban J connectivity index is 1.95. The smallest absolute Gasteiger partial charge is 0.309 e. The number of carbonyl (C=O) groups is 1. The van der Waals surface area contributed by atoms with Gasteiger partial charge in [0.2, 0.25) is 0 Å². The van der Waals surface area contributed by atoms with Crippen LogP contribution in [0.4, 0.5) is 0 Å². The summed E-state index contributed by atoms with van der Waals surface area (Å²) in [5, 5.41) is 3.69. The summed E-state index contributed by atoms with van der Waals surface area (Å²) in [5.41, 5.74) is 2.27. The van der Waals surface area contributed by atoms with Crippen molar-refractivity contribution in [1.29, 1.82) is 0 Å². The molecule has 1 N–H and O–H groups in total. The number of esters is 1. The molecule has 0 amide bonds. The standard InChI is InChI=1S/C18H27NO2/c1-13-8-9-17(14(2)10-13)19-12-16-7-5-4-6-15(16)11-18(20)21-3/h4-7,13-14,17,19H,8-12H2,1-3H3. The maximum atomic E-state index is 11.5. The second kappa shape index (κ2) is 7.60. The number of methoxy groups -OCH3 is 1. The number of benzene rings is 1. The first-order valence-corrected chi connectivity index (χ1v) is 7.97. The van der Waals surface area contributed by atoms with E-state index in [4.69, 9.17) is 4.74 Å². The summed E-state index contributed by atoms with van der Waals surface area (Å²) < 4.78 is 4.77. The summed E-state index contributed by atoms with van der Waals surface area (Å²) >= 11 is 0. The molecule has 116 valence electrons. The third-order valence-corrected chi connectivity index (χ3v) is 4.67. The van der Waals surface area contributed by atoms with Gasteiger partial charge in [0, 0.05) is 12.6 Å². The molecule has 1 saturated carbocycles. The quantitative estimate of drug-likeness (QED) is 0.845. The van der Waals surface area contributed by atoms with Gasteiger partial charge in [-0.3, -0.25) is 4.79 Å². The highest BCUT2D eigenvalue weighted by molar-refractivity contribution is 5.72. The van der Waals surface area contributed by atoms with Crippen molar-refractivity contribution in [3.63, 3.8) is 0 Å². The van der Waals surface area contributed by atoms with Crippen LogP contribution in [0.25, 0.3) is 0 Å². The van der Waals surface area contributed by atoms with Crippen LogP contribution in [0, 0.1) is 11.8 Å². The molecule has 1 fully saturated rings. The first-order chi connectivity index (χ1) is 10.1. The molecule has 3 heteroatoms. The number of hydrogen-bond donors (Lipinski definition) is 1. The number of carbonyl (C=O) groups excluding carboxylic acids is 1. The van der Waals surface area contributed by atoms with E-state index < -0.39 is 0 Å². The van der Waals surface area contributed by atoms with E-state index in [1.54, 1.807) is 0 Å². The Morgan fingerprint density at radius 2 is 1.95 bits per heavy atom. The van der Waals surface area contributed by atoms with E-state index in [1.165, 1.54) is 31.9 Å². The second-order valence-corrected chi connectivity index (χ2v) is 6.40. The van der Waals surface area contributed by atoms with E-state index >= 15 is 0 Å². The van der Waals surface area contributed by atoms with Gasteiger partial charge in [0.15, 0.2) is 0 Å². The summed E-state index contributed by atoms with van der Waals surface area (Å²) in [6.07, 6.45) is 4.22. The highest BCUT2D eigenvalue weighted by Gasteiger charge is 2.24. The molecule has 0 bridgehead atoms. The lowest BCUT2D eigenvalue weighted by Crippen LogP contribution is -2.38. The van der Waals surface area contributed by atoms with E-state index in [0.29, 0.717) is 12.5 Å². The zero-order valence-electron chi connectivity index (χ0n) is 13.4. The van der Waals surface area contributed by atoms with Crippen LogP contribution in [0.15, 0.2) is 24.3 Å². The Kier molecular flexibility index (Phi) is 5.80. The van der Waals surface area contributed by atoms with Gasteiger partial charge < -0.3 is 10.1 Å². The van der Waals surface area contributed by atoms with Crippen LogP contribution in [0.5, 0.6) is 0 Å². The Labute approximate surface area is 128 Å². The summed E-state index contributed by atoms with van der Waals surface area (Å²) in [6, 6.07) is 8.71. The van der Waals surface area contributed by atoms with Gasteiger partial charge in [-0.1, -0.05) is 38.1 Å². The van der Waals surface area contributed by atoms with Crippen molar-refractivity contribution in [1.82, 2.24) is 5.32 Å². The molecule has 3 nitrogen and oxygen atoms in total. The van der Waals surface area contributed by atoms with Gasteiger partial charge in [0.05, 0.1) is 13.5 Å². The topological polar surface area (TPSA) is 38.3 Å². The number of rotatable bonds is 5. The highest BCUT2D eigenvalue weighted by Crippen LogP contribution is 2.28. The zero-order chi connectivity index (χ0) is 15.2. The van der Waals surface area contributed by atoms with E-state index in [-0.39, 0.29) is 5.97 Å². The maximum absolute atomic E-state index is 11.5. The van der Waals surface area contributed by atoms with Crippen molar-refractivity contribution in [3.8, 4) is 0 Å². The molecule has 0 heterocycles. The number of nitrogens with one attached hydrogen (secondary N) is 1. The van der Waals surface area contributed by atoms with Gasteiger partial charge >= 0.3 is 5.97 Å². The summed E-state index contributed by atoms with van der Waals surface area (Å²) in [5.74, 6) is 1.40. The van der Waals surface area contributed by atoms with Gasteiger partial charge in [0.25, 0.3) is 0 Å². The molecule has 3 atom stereocenters. The lowest BCUT2D eigenvalue weighted by molar-refractivity contribution is -0.139. The Morgan fingerprint density at radius 3 is 2.62 bits per heavy atom. The molecule has 0 spiro atoms. The molecular weight excluding hydrogens is 262 g/mol. The normalized spacial score (nSPS) is 25.6. The van der Waals surface area contributed by atoms with E-state index in [1.807, 2.05) is 18.2 Å². The summed E-state index contributed by atoms with van der Waals surface area (Å²) in [7, 11) is 1.44. The fourth-order valence-electron chi connectivity index (χ4n) is 3.34. The average Bonchev–Trinajstić information content (AvgIpc) is 2.47. The predicted octanol–water partition coefficient (Wildman–Crippen LogP) is 3.32. The highest BCUT2D eigenvalue weighted by atomic mass is 16.5. The van der Waals surface area contributed by atoms with Crippen molar-refractivity contribution in [2.45, 2.75) is 52.1 Å². The van der Waals surface area contributed by atoms with Crippen LogP contribution < -0.4 is 5.32 Å². The van der Waals surface area contributed by atoms with E-state index in [9.17, 15) is 4.79 Å². The van der Waals surface area contributed by atoms with Crippen molar-refractivity contribution < 1.29 is 9.53 Å². The minimum atomic E-state index is -0.178. The van der Waals surface area contributed by atoms with Gasteiger partial charge in [-0.2, -0.15) is 0 Å². The third kappa shape index (κ3) is 4.57. The molecule has 0 aromatic heterocycles. The monoisotopic (exact) mass is 289 g/mol. The average molecular weight is 289 g/mol. The molecule has 0 saturated heterocycles. The van der Waals surface area contributed by atoms with Crippen molar-refractivity contribution in [3.05, 3.63) is 35.4 Å². The van der Waals surface area contributed by atoms with Crippen LogP contribution >= 0.6 is 0 Å². The van der Waals surface area contributed by atoms with Crippen molar-refractivity contribution in [2.24, 2.45) is 11.8 Å². The molecular formula is C18H27NO2. The Morgan fingerprint density at radius 1 is 1.24 bits per heavy atom. The Bertz CT molecular complexity index is 472. The second-order valence-electron chi connectivity index (χ2n) is 6.40. The largest absolute Gasteiger partial charge is 0.469 e. The molecule has 0 aliphatic heterocycles. The molecule has 3 unspecified atom stereocenters. The zero-order valence-corrected chi connectivity index (χ0v) is 13.4. The van der Waals surface area contributed by atoms with Crippen molar-refractivity contribution in [2.75, 3.05) is 7.11 Å². The van der Waals surface area contributed by atoms with Crippen LogP contribution in [-0.2, 0) is 22.5 Å². The fraction of sp³-hybridized carbons (Fsp3) is 0.611. The molecule has 21 heavy (non-hydrogen) atoms. The third-order valence-electron chi connectivity index (χ3n) is 4.67. The lowest BCUT2D eigenvalue weighted by Gasteiger charge is -2.33. The summed E-state index contributed by atoms with van der Waals surface area (Å²) in [6.45, 7) is 5.52. The van der Waals surface area contributed by atoms with E-state index in [0.717, 1.165) is 23.9 Å². The Hall–Kier alpha value is -1.35. The van der Waals surface area contributed by atoms with Crippen LogP contribution in [-0.4, -0.2) is 19.1 Å². The molecule has 1 aromatic rings. The predicted molar refractivity (Wildman–Crippen MR) is 85.0 cm³/mol. The SMILES string of the molecule is COC(=O)Cc1ccccc1CNC1CCC(C)CC1C. The number of ether oxygens (including phenoxy) is 1. The molecule has 2 rings (SSSR count).